The number of fused-ring (bicyclic) bond motifs is 1. The molecule has 0 unspecified atom stereocenters. The summed E-state index contributed by atoms with van der Waals surface area (Å²) in [5, 5.41) is 15.5. The highest BCUT2D eigenvalue weighted by Gasteiger charge is 2.25. The zero-order chi connectivity index (χ0) is 21.8. The Hall–Kier alpha value is -3.80. The number of phenols is 1. The first-order valence-corrected chi connectivity index (χ1v) is 10.2. The molecule has 3 N–H and O–H groups in total. The van der Waals surface area contributed by atoms with E-state index in [0.29, 0.717) is 29.2 Å². The molecule has 4 aromatic rings. The number of aromatic hydroxyl groups is 1. The molecule has 6 heteroatoms. The minimum absolute atomic E-state index is 0.150. The van der Waals surface area contributed by atoms with Crippen molar-refractivity contribution in [3.05, 3.63) is 83.7 Å². The molecular weight excluding hydrogens is 390 g/mol. The number of anilines is 1. The Morgan fingerprint density at radius 3 is 2.74 bits per heavy atom. The van der Waals surface area contributed by atoms with Gasteiger partial charge in [0.1, 0.15) is 17.3 Å². The third kappa shape index (κ3) is 4.23. The molecule has 158 valence electrons. The highest BCUT2D eigenvalue weighted by molar-refractivity contribution is 5.86. The molecule has 0 fully saturated rings. The van der Waals surface area contributed by atoms with E-state index in [0.717, 1.165) is 22.3 Å². The standard InChI is InChI=1S/C25H25N3O3/c1-4-31-21-15-18(8-10-20(21)30-3)23(28-22-14-16(2)11-13-26-22)19-9-7-17-6-5-12-27-24(17)25(19)29/h5-15,23,29H,4H2,1-3H3,(H,26,28)/p+1/t23-/m0/s1. The molecule has 2 aromatic carbocycles. The number of methoxy groups -OCH3 is 1. The number of hydrogen-bond donors (Lipinski definition) is 2. The van der Waals surface area contributed by atoms with Crippen LogP contribution in [0.2, 0.25) is 0 Å². The third-order valence-corrected chi connectivity index (χ3v) is 5.17. The van der Waals surface area contributed by atoms with Crippen LogP contribution < -0.4 is 19.8 Å². The lowest BCUT2D eigenvalue weighted by atomic mass is 9.95. The van der Waals surface area contributed by atoms with Gasteiger partial charge in [0.25, 0.3) is 5.82 Å². The van der Waals surface area contributed by atoms with Gasteiger partial charge in [-0.05, 0) is 49.7 Å². The fourth-order valence-corrected chi connectivity index (χ4v) is 3.68. The van der Waals surface area contributed by atoms with E-state index < -0.39 is 0 Å². The SMILES string of the molecule is CCOc1cc([C@H](Nc2cc(C)cc[nH+]2)c2ccc3cccnc3c2O)ccc1OC. The second-order valence-corrected chi connectivity index (χ2v) is 7.28. The van der Waals surface area contributed by atoms with E-state index >= 15 is 0 Å². The summed E-state index contributed by atoms with van der Waals surface area (Å²) in [6.07, 6.45) is 3.57. The van der Waals surface area contributed by atoms with Crippen molar-refractivity contribution < 1.29 is 19.6 Å². The Balaban J connectivity index is 1.86. The molecule has 0 radical (unpaired) electrons. The molecule has 4 rings (SSSR count). The lowest BCUT2D eigenvalue weighted by Gasteiger charge is -2.19. The molecule has 6 nitrogen and oxygen atoms in total. The van der Waals surface area contributed by atoms with Gasteiger partial charge in [-0.2, -0.15) is 0 Å². The van der Waals surface area contributed by atoms with Gasteiger partial charge in [-0.3, -0.25) is 10.3 Å². The van der Waals surface area contributed by atoms with Crippen LogP contribution >= 0.6 is 0 Å². The molecule has 0 aliphatic carbocycles. The normalized spacial score (nSPS) is 11.8. The number of hydrogen-bond acceptors (Lipinski definition) is 5. The van der Waals surface area contributed by atoms with E-state index in [1.54, 1.807) is 13.3 Å². The second kappa shape index (κ2) is 8.92. The largest absolute Gasteiger partial charge is 0.505 e. The highest BCUT2D eigenvalue weighted by Crippen LogP contribution is 2.38. The number of benzene rings is 2. The molecule has 0 saturated heterocycles. The lowest BCUT2D eigenvalue weighted by molar-refractivity contribution is -0.361. The van der Waals surface area contributed by atoms with Crippen molar-refractivity contribution >= 4 is 16.7 Å². The van der Waals surface area contributed by atoms with Gasteiger partial charge in [-0.1, -0.05) is 18.2 Å². The van der Waals surface area contributed by atoms with Gasteiger partial charge in [0, 0.05) is 28.8 Å². The zero-order valence-electron chi connectivity index (χ0n) is 17.8. The van der Waals surface area contributed by atoms with Gasteiger partial charge in [-0.15, -0.1) is 0 Å². The van der Waals surface area contributed by atoms with E-state index in [9.17, 15) is 5.11 Å². The Kier molecular flexibility index (Phi) is 5.89. The van der Waals surface area contributed by atoms with E-state index in [-0.39, 0.29) is 11.8 Å². The lowest BCUT2D eigenvalue weighted by Crippen LogP contribution is -2.19. The molecule has 31 heavy (non-hydrogen) atoms. The van der Waals surface area contributed by atoms with Crippen LogP contribution in [0, 0.1) is 6.92 Å². The number of aryl methyl sites for hydroxylation is 1. The number of H-pyrrole nitrogens is 1. The maximum atomic E-state index is 11.1. The molecular formula is C25H26N3O3+. The van der Waals surface area contributed by atoms with Crippen molar-refractivity contribution in [2.45, 2.75) is 19.9 Å². The van der Waals surface area contributed by atoms with Crippen LogP contribution in [-0.2, 0) is 0 Å². The van der Waals surface area contributed by atoms with Crippen LogP contribution in [0.5, 0.6) is 17.2 Å². The summed E-state index contributed by atoms with van der Waals surface area (Å²) in [5.41, 5.74) is 3.33. The number of phenolic OH excluding ortho intramolecular Hbond substituents is 1. The van der Waals surface area contributed by atoms with E-state index in [4.69, 9.17) is 9.47 Å². The number of pyridine rings is 2. The average molecular weight is 417 g/mol. The fourth-order valence-electron chi connectivity index (χ4n) is 3.68. The van der Waals surface area contributed by atoms with Crippen LogP contribution in [0.4, 0.5) is 5.82 Å². The number of aromatic amines is 1. The van der Waals surface area contributed by atoms with E-state index in [2.05, 4.69) is 15.3 Å². The average Bonchev–Trinajstić information content (AvgIpc) is 2.78. The minimum atomic E-state index is -0.352. The predicted octanol–water partition coefficient (Wildman–Crippen LogP) is 4.67. The van der Waals surface area contributed by atoms with Crippen molar-refractivity contribution in [3.8, 4) is 17.2 Å². The Labute approximate surface area is 181 Å². The first-order valence-electron chi connectivity index (χ1n) is 10.2. The molecule has 0 aliphatic heterocycles. The molecule has 1 atom stereocenters. The summed E-state index contributed by atoms with van der Waals surface area (Å²) in [4.78, 5) is 7.62. The maximum Gasteiger partial charge on any atom is 0.273 e. The molecule has 0 saturated carbocycles. The smallest absolute Gasteiger partial charge is 0.273 e. The summed E-state index contributed by atoms with van der Waals surface area (Å²) >= 11 is 0. The van der Waals surface area contributed by atoms with Crippen molar-refractivity contribution in [2.24, 2.45) is 0 Å². The molecule has 0 aliphatic rings. The number of rotatable bonds is 7. The monoisotopic (exact) mass is 416 g/mol. The minimum Gasteiger partial charge on any atom is -0.505 e. The topological polar surface area (TPSA) is 77.8 Å². The Bertz CT molecular complexity index is 1210. The van der Waals surface area contributed by atoms with Crippen LogP contribution in [0.1, 0.15) is 29.7 Å². The first kappa shape index (κ1) is 20.5. The third-order valence-electron chi connectivity index (χ3n) is 5.17. The van der Waals surface area contributed by atoms with Gasteiger partial charge in [0.15, 0.2) is 11.5 Å². The number of nitrogens with one attached hydrogen (secondary N) is 2. The highest BCUT2D eigenvalue weighted by atomic mass is 16.5. The van der Waals surface area contributed by atoms with Gasteiger partial charge < -0.3 is 14.6 Å². The van der Waals surface area contributed by atoms with Crippen LogP contribution in [0.25, 0.3) is 10.9 Å². The summed E-state index contributed by atoms with van der Waals surface area (Å²) in [7, 11) is 1.62. The number of aromatic nitrogens is 2. The Morgan fingerprint density at radius 1 is 1.10 bits per heavy atom. The quantitative estimate of drug-likeness (QED) is 0.458. The molecule has 0 bridgehead atoms. The van der Waals surface area contributed by atoms with Gasteiger partial charge in [0.05, 0.1) is 19.9 Å². The predicted molar refractivity (Wildman–Crippen MR) is 121 cm³/mol. The van der Waals surface area contributed by atoms with Crippen molar-refractivity contribution in [3.63, 3.8) is 0 Å². The van der Waals surface area contributed by atoms with Crippen LogP contribution in [0.3, 0.4) is 0 Å². The fraction of sp³-hybridized carbons (Fsp3) is 0.200. The summed E-state index contributed by atoms with van der Waals surface area (Å²) in [5.74, 6) is 2.30. The van der Waals surface area contributed by atoms with Crippen LogP contribution in [0.15, 0.2) is 67.0 Å². The molecule has 2 aromatic heterocycles. The molecule has 0 spiro atoms. The number of nitrogens with zero attached hydrogens (tertiary/aromatic N) is 1. The summed E-state index contributed by atoms with van der Waals surface area (Å²) in [6, 6.07) is 17.2. The first-order chi connectivity index (χ1) is 15.1. The van der Waals surface area contributed by atoms with Gasteiger partial charge in [0.2, 0.25) is 0 Å². The summed E-state index contributed by atoms with van der Waals surface area (Å²) < 4.78 is 11.2. The Morgan fingerprint density at radius 2 is 1.97 bits per heavy atom. The van der Waals surface area contributed by atoms with Crippen LogP contribution in [-0.4, -0.2) is 23.8 Å². The molecule has 0 amide bonds. The van der Waals surface area contributed by atoms with Crippen molar-refractivity contribution in [2.75, 3.05) is 19.0 Å². The zero-order valence-corrected chi connectivity index (χ0v) is 17.8. The molecule has 2 heterocycles. The van der Waals surface area contributed by atoms with Crippen molar-refractivity contribution in [1.82, 2.24) is 4.98 Å². The number of ether oxygens (including phenoxy) is 2. The van der Waals surface area contributed by atoms with Gasteiger partial charge >= 0.3 is 0 Å². The second-order valence-electron chi connectivity index (χ2n) is 7.28. The maximum absolute atomic E-state index is 11.1. The summed E-state index contributed by atoms with van der Waals surface area (Å²) in [6.45, 7) is 4.49. The van der Waals surface area contributed by atoms with E-state index in [1.165, 1.54) is 0 Å². The van der Waals surface area contributed by atoms with E-state index in [1.807, 2.05) is 74.6 Å². The van der Waals surface area contributed by atoms with Gasteiger partial charge in [-0.25, -0.2) is 4.98 Å². The van der Waals surface area contributed by atoms with Crippen molar-refractivity contribution in [1.29, 1.82) is 0 Å².